The van der Waals surface area contributed by atoms with E-state index in [-0.39, 0.29) is 6.79 Å². The second-order valence-electron chi connectivity index (χ2n) is 3.71. The molecular formula is C10H13NO5S. The van der Waals surface area contributed by atoms with Crippen molar-refractivity contribution in [3.8, 4) is 11.5 Å². The second kappa shape index (κ2) is 4.42. The monoisotopic (exact) mass is 259 g/mol. The molecule has 1 unspecified atom stereocenters. The van der Waals surface area contributed by atoms with Gasteiger partial charge in [0.1, 0.15) is 5.25 Å². The van der Waals surface area contributed by atoms with Crippen molar-refractivity contribution in [1.29, 1.82) is 0 Å². The third-order valence-corrected chi connectivity index (χ3v) is 4.15. The summed E-state index contributed by atoms with van der Waals surface area (Å²) in [6, 6.07) is 4.75. The van der Waals surface area contributed by atoms with E-state index in [1.807, 2.05) is 0 Å². The molecule has 2 rings (SSSR count). The molecule has 94 valence electrons. The first-order valence-corrected chi connectivity index (χ1v) is 6.59. The number of hydrogen-bond acceptors (Lipinski definition) is 5. The minimum Gasteiger partial charge on any atom is -0.454 e. The van der Waals surface area contributed by atoms with Gasteiger partial charge in [0.15, 0.2) is 11.5 Å². The van der Waals surface area contributed by atoms with Gasteiger partial charge in [0.25, 0.3) is 0 Å². The maximum Gasteiger partial charge on any atom is 0.237 e. The lowest BCUT2D eigenvalue weighted by Crippen LogP contribution is -2.28. The number of ether oxygens (including phenoxy) is 2. The largest absolute Gasteiger partial charge is 0.454 e. The van der Waals surface area contributed by atoms with Crippen LogP contribution in [-0.4, -0.2) is 32.2 Å². The van der Waals surface area contributed by atoms with Crippen LogP contribution in [-0.2, 0) is 10.0 Å². The van der Waals surface area contributed by atoms with E-state index in [9.17, 15) is 8.42 Å². The molecule has 1 aliphatic heterocycles. The average molecular weight is 259 g/mol. The number of anilines is 1. The number of sulfonamides is 1. The molecule has 17 heavy (non-hydrogen) atoms. The summed E-state index contributed by atoms with van der Waals surface area (Å²) >= 11 is 0. The van der Waals surface area contributed by atoms with E-state index < -0.39 is 21.9 Å². The normalized spacial score (nSPS) is 15.6. The highest BCUT2D eigenvalue weighted by molar-refractivity contribution is 7.93. The summed E-state index contributed by atoms with van der Waals surface area (Å²) < 4.78 is 36.0. The van der Waals surface area contributed by atoms with Crippen LogP contribution in [0.2, 0.25) is 0 Å². The molecule has 1 aromatic rings. The molecule has 1 atom stereocenters. The van der Waals surface area contributed by atoms with Crippen LogP contribution >= 0.6 is 0 Å². The molecule has 0 radical (unpaired) electrons. The summed E-state index contributed by atoms with van der Waals surface area (Å²) in [7, 11) is -3.58. The molecule has 7 heteroatoms. The standard InChI is InChI=1S/C10H13NO5S/c1-7(5-12)17(13,14)11-8-2-3-9-10(4-8)16-6-15-9/h2-4,7,11-12H,5-6H2,1H3. The Labute approximate surface area is 99.2 Å². The van der Waals surface area contributed by atoms with E-state index >= 15 is 0 Å². The molecule has 1 aromatic carbocycles. The molecule has 0 fully saturated rings. The van der Waals surface area contributed by atoms with E-state index in [1.165, 1.54) is 6.92 Å². The van der Waals surface area contributed by atoms with Crippen molar-refractivity contribution in [3.05, 3.63) is 18.2 Å². The number of fused-ring (bicyclic) bond motifs is 1. The van der Waals surface area contributed by atoms with Crippen LogP contribution in [0.5, 0.6) is 11.5 Å². The summed E-state index contributed by atoms with van der Waals surface area (Å²) in [4.78, 5) is 0. The van der Waals surface area contributed by atoms with Crippen molar-refractivity contribution in [2.45, 2.75) is 12.2 Å². The fourth-order valence-electron chi connectivity index (χ4n) is 1.32. The summed E-state index contributed by atoms with van der Waals surface area (Å²) in [6.45, 7) is 1.13. The third-order valence-electron chi connectivity index (χ3n) is 2.42. The van der Waals surface area contributed by atoms with Crippen molar-refractivity contribution in [1.82, 2.24) is 0 Å². The molecule has 6 nitrogen and oxygen atoms in total. The van der Waals surface area contributed by atoms with Crippen LogP contribution in [0, 0.1) is 0 Å². The molecule has 0 saturated heterocycles. The Kier molecular flexibility index (Phi) is 3.12. The predicted octanol–water partition coefficient (Wildman–Crippen LogP) is 0.538. The summed E-state index contributed by atoms with van der Waals surface area (Å²) in [6.07, 6.45) is 0. The van der Waals surface area contributed by atoms with Crippen molar-refractivity contribution in [3.63, 3.8) is 0 Å². The fourth-order valence-corrected chi connectivity index (χ4v) is 2.18. The minimum absolute atomic E-state index is 0.137. The van der Waals surface area contributed by atoms with Crippen LogP contribution in [0.4, 0.5) is 5.69 Å². The summed E-state index contributed by atoms with van der Waals surface area (Å²) in [5.41, 5.74) is 0.384. The molecule has 1 heterocycles. The van der Waals surface area contributed by atoms with Gasteiger partial charge in [0, 0.05) is 6.07 Å². The zero-order chi connectivity index (χ0) is 12.5. The molecule has 0 spiro atoms. The van der Waals surface area contributed by atoms with Gasteiger partial charge in [-0.1, -0.05) is 0 Å². The number of benzene rings is 1. The van der Waals surface area contributed by atoms with Crippen LogP contribution in [0.1, 0.15) is 6.92 Å². The Morgan fingerprint density at radius 2 is 2.12 bits per heavy atom. The Balaban J connectivity index is 2.20. The van der Waals surface area contributed by atoms with Crippen molar-refractivity contribution >= 4 is 15.7 Å². The second-order valence-corrected chi connectivity index (χ2v) is 5.81. The highest BCUT2D eigenvalue weighted by atomic mass is 32.2. The van der Waals surface area contributed by atoms with Gasteiger partial charge >= 0.3 is 0 Å². The zero-order valence-corrected chi connectivity index (χ0v) is 10.0. The average Bonchev–Trinajstić information content (AvgIpc) is 2.74. The van der Waals surface area contributed by atoms with Gasteiger partial charge in [-0.15, -0.1) is 0 Å². The van der Waals surface area contributed by atoms with Crippen LogP contribution in [0.15, 0.2) is 18.2 Å². The molecular weight excluding hydrogens is 246 g/mol. The molecule has 2 N–H and O–H groups in total. The van der Waals surface area contributed by atoms with E-state index in [4.69, 9.17) is 14.6 Å². The molecule has 0 saturated carbocycles. The first kappa shape index (κ1) is 12.0. The van der Waals surface area contributed by atoms with Gasteiger partial charge in [-0.3, -0.25) is 4.72 Å². The van der Waals surface area contributed by atoms with E-state index in [0.717, 1.165) is 0 Å². The van der Waals surface area contributed by atoms with Crippen molar-refractivity contribution in [2.24, 2.45) is 0 Å². The zero-order valence-electron chi connectivity index (χ0n) is 9.21. The highest BCUT2D eigenvalue weighted by Crippen LogP contribution is 2.34. The number of aliphatic hydroxyl groups excluding tert-OH is 1. The Bertz CT molecular complexity index is 513. The quantitative estimate of drug-likeness (QED) is 0.824. The lowest BCUT2D eigenvalue weighted by atomic mass is 10.3. The van der Waals surface area contributed by atoms with Gasteiger partial charge in [-0.2, -0.15) is 0 Å². The SMILES string of the molecule is CC(CO)S(=O)(=O)Nc1ccc2c(c1)OCO2. The van der Waals surface area contributed by atoms with Gasteiger partial charge in [0.05, 0.1) is 12.3 Å². The lowest BCUT2D eigenvalue weighted by Gasteiger charge is -2.12. The number of rotatable bonds is 4. The summed E-state index contributed by atoms with van der Waals surface area (Å²) in [5, 5.41) is 7.97. The Hall–Kier alpha value is -1.47. The van der Waals surface area contributed by atoms with E-state index in [0.29, 0.717) is 17.2 Å². The van der Waals surface area contributed by atoms with Gasteiger partial charge in [0.2, 0.25) is 16.8 Å². The third kappa shape index (κ3) is 2.45. The first-order valence-electron chi connectivity index (χ1n) is 5.05. The molecule has 0 bridgehead atoms. The maximum absolute atomic E-state index is 11.7. The van der Waals surface area contributed by atoms with Gasteiger partial charge < -0.3 is 14.6 Å². The summed E-state index contributed by atoms with van der Waals surface area (Å²) in [5.74, 6) is 1.09. The number of hydrogen-bond donors (Lipinski definition) is 2. The highest BCUT2D eigenvalue weighted by Gasteiger charge is 2.21. The van der Waals surface area contributed by atoms with E-state index in [2.05, 4.69) is 4.72 Å². The molecule has 0 amide bonds. The molecule has 0 aliphatic carbocycles. The maximum atomic E-state index is 11.7. The Morgan fingerprint density at radius 3 is 2.82 bits per heavy atom. The minimum atomic E-state index is -3.58. The van der Waals surface area contributed by atoms with Crippen LogP contribution in [0.25, 0.3) is 0 Å². The number of nitrogens with one attached hydrogen (secondary N) is 1. The van der Waals surface area contributed by atoms with Gasteiger partial charge in [-0.25, -0.2) is 8.42 Å². The lowest BCUT2D eigenvalue weighted by molar-refractivity contribution is 0.174. The van der Waals surface area contributed by atoms with Crippen LogP contribution < -0.4 is 14.2 Å². The molecule has 1 aliphatic rings. The van der Waals surface area contributed by atoms with Gasteiger partial charge in [-0.05, 0) is 19.1 Å². The number of aliphatic hydroxyl groups is 1. The smallest absolute Gasteiger partial charge is 0.237 e. The fraction of sp³-hybridized carbons (Fsp3) is 0.400. The predicted molar refractivity (Wildman–Crippen MR) is 61.7 cm³/mol. The van der Waals surface area contributed by atoms with Crippen molar-refractivity contribution in [2.75, 3.05) is 18.1 Å². The van der Waals surface area contributed by atoms with E-state index in [1.54, 1.807) is 18.2 Å². The van der Waals surface area contributed by atoms with Crippen LogP contribution in [0.3, 0.4) is 0 Å². The first-order chi connectivity index (χ1) is 8.03. The molecule has 0 aromatic heterocycles. The topological polar surface area (TPSA) is 84.9 Å². The Morgan fingerprint density at radius 1 is 1.41 bits per heavy atom. The van der Waals surface area contributed by atoms with Crippen molar-refractivity contribution < 1.29 is 23.0 Å².